The van der Waals surface area contributed by atoms with Crippen molar-refractivity contribution in [3.8, 4) is 5.75 Å². The highest BCUT2D eigenvalue weighted by Gasteiger charge is 2.29. The molecule has 1 unspecified atom stereocenters. The molecule has 1 aromatic heterocycles. The summed E-state index contributed by atoms with van der Waals surface area (Å²) in [4.78, 5) is 11.7. The molecule has 1 aliphatic carbocycles. The third-order valence-electron chi connectivity index (χ3n) is 6.29. The Morgan fingerprint density at radius 3 is 2.56 bits per heavy atom. The average molecular weight is 429 g/mol. The Morgan fingerprint density at radius 1 is 1.03 bits per heavy atom. The predicted molar refractivity (Wildman–Crippen MR) is 121 cm³/mol. The van der Waals surface area contributed by atoms with E-state index in [2.05, 4.69) is 4.57 Å². The fourth-order valence-corrected chi connectivity index (χ4v) is 4.62. The van der Waals surface area contributed by atoms with Gasteiger partial charge in [0.15, 0.2) is 0 Å². The number of rotatable bonds is 6. The molecule has 1 atom stereocenters. The normalized spacial score (nSPS) is 15.5. The van der Waals surface area contributed by atoms with Gasteiger partial charge in [0.2, 0.25) is 0 Å². The maximum absolute atomic E-state index is 13.4. The smallest absolute Gasteiger partial charge is 0.306 e. The molecule has 1 heterocycles. The van der Waals surface area contributed by atoms with Crippen molar-refractivity contribution < 1.29 is 19.0 Å². The van der Waals surface area contributed by atoms with Crippen LogP contribution in [0.15, 0.2) is 72.8 Å². The number of hydrogen-bond donors (Lipinski definition) is 1. The lowest BCUT2D eigenvalue weighted by atomic mass is 9.86. The zero-order valence-electron chi connectivity index (χ0n) is 17.6. The van der Waals surface area contributed by atoms with Crippen LogP contribution in [0.2, 0.25) is 0 Å². The van der Waals surface area contributed by atoms with Crippen molar-refractivity contribution in [2.45, 2.75) is 32.4 Å². The van der Waals surface area contributed by atoms with Gasteiger partial charge in [-0.05, 0) is 66.3 Å². The molecular formula is C27H24FNO3. The van der Waals surface area contributed by atoms with Gasteiger partial charge in [-0.25, -0.2) is 4.39 Å². The average Bonchev–Trinajstić information content (AvgIpc) is 3.12. The van der Waals surface area contributed by atoms with E-state index in [1.54, 1.807) is 12.1 Å². The van der Waals surface area contributed by atoms with Gasteiger partial charge in [-0.1, -0.05) is 42.5 Å². The molecule has 5 rings (SSSR count). The maximum atomic E-state index is 13.4. The van der Waals surface area contributed by atoms with Crippen LogP contribution in [0.4, 0.5) is 4.39 Å². The number of halogens is 1. The summed E-state index contributed by atoms with van der Waals surface area (Å²) in [5.41, 5.74) is 5.41. The van der Waals surface area contributed by atoms with Crippen molar-refractivity contribution in [2.75, 3.05) is 0 Å². The van der Waals surface area contributed by atoms with E-state index in [0.717, 1.165) is 33.3 Å². The van der Waals surface area contributed by atoms with Crippen LogP contribution >= 0.6 is 0 Å². The highest BCUT2D eigenvalue weighted by molar-refractivity contribution is 5.88. The highest BCUT2D eigenvalue weighted by atomic mass is 19.1. The Labute approximate surface area is 185 Å². The first-order valence-corrected chi connectivity index (χ1v) is 10.9. The lowest BCUT2D eigenvalue weighted by Gasteiger charge is -2.21. The van der Waals surface area contributed by atoms with E-state index in [9.17, 15) is 14.3 Å². The summed E-state index contributed by atoms with van der Waals surface area (Å²) in [6.07, 6.45) is 1.85. The Balaban J connectivity index is 1.52. The Hall–Kier alpha value is -3.60. The molecule has 4 aromatic rings. The zero-order valence-corrected chi connectivity index (χ0v) is 17.6. The van der Waals surface area contributed by atoms with Crippen LogP contribution in [-0.2, 0) is 30.8 Å². The summed E-state index contributed by atoms with van der Waals surface area (Å²) < 4.78 is 21.7. The Bertz CT molecular complexity index is 1260. The van der Waals surface area contributed by atoms with Gasteiger partial charge in [0.05, 0.1) is 5.92 Å². The molecule has 162 valence electrons. The molecule has 0 radical (unpaired) electrons. The number of aliphatic carboxylic acids is 1. The number of carboxylic acid groups (broad SMARTS) is 1. The number of benzene rings is 3. The molecule has 4 nitrogen and oxygen atoms in total. The summed E-state index contributed by atoms with van der Waals surface area (Å²) in [7, 11) is 0. The molecule has 1 N–H and O–H groups in total. The van der Waals surface area contributed by atoms with E-state index in [-0.39, 0.29) is 11.7 Å². The van der Waals surface area contributed by atoms with E-state index in [1.165, 1.54) is 17.8 Å². The minimum absolute atomic E-state index is 0.252. The van der Waals surface area contributed by atoms with Gasteiger partial charge in [-0.2, -0.15) is 0 Å². The molecule has 0 spiro atoms. The first kappa shape index (κ1) is 20.3. The van der Waals surface area contributed by atoms with Gasteiger partial charge in [-0.15, -0.1) is 0 Å². The van der Waals surface area contributed by atoms with E-state index in [4.69, 9.17) is 4.74 Å². The van der Waals surface area contributed by atoms with Gasteiger partial charge in [0.1, 0.15) is 18.2 Å². The predicted octanol–water partition coefficient (Wildman–Crippen LogP) is 5.60. The van der Waals surface area contributed by atoms with Crippen molar-refractivity contribution >= 4 is 16.9 Å². The fraction of sp³-hybridized carbons (Fsp3) is 0.222. The Kier molecular flexibility index (Phi) is 5.39. The molecule has 1 aliphatic rings. The standard InChI is InChI=1S/C27H24FNO3/c28-21-9-6-18(7-10-21)16-29-25-12-8-20(27(30)31)14-23(25)24-15-22(11-13-26(24)29)32-17-19-4-2-1-3-5-19/h1-7,9-11,13,15,20H,8,12,14,16-17H2,(H,30,31). The van der Waals surface area contributed by atoms with Crippen LogP contribution in [-0.4, -0.2) is 15.6 Å². The number of carbonyl (C=O) groups is 1. The van der Waals surface area contributed by atoms with Crippen LogP contribution in [0.25, 0.3) is 10.9 Å². The van der Waals surface area contributed by atoms with Crippen molar-refractivity contribution in [1.82, 2.24) is 4.57 Å². The molecule has 5 heteroatoms. The fourth-order valence-electron chi connectivity index (χ4n) is 4.62. The largest absolute Gasteiger partial charge is 0.489 e. The van der Waals surface area contributed by atoms with Gasteiger partial charge >= 0.3 is 5.97 Å². The second-order valence-corrected chi connectivity index (χ2v) is 8.37. The quantitative estimate of drug-likeness (QED) is 0.434. The third kappa shape index (κ3) is 3.98. The first-order valence-electron chi connectivity index (χ1n) is 10.9. The van der Waals surface area contributed by atoms with Gasteiger partial charge < -0.3 is 14.4 Å². The minimum atomic E-state index is -0.744. The monoisotopic (exact) mass is 429 g/mol. The number of aromatic nitrogens is 1. The second-order valence-electron chi connectivity index (χ2n) is 8.37. The number of hydrogen-bond acceptors (Lipinski definition) is 2. The summed E-state index contributed by atoms with van der Waals surface area (Å²) >= 11 is 0. The van der Waals surface area contributed by atoms with Crippen LogP contribution in [0, 0.1) is 11.7 Å². The molecule has 32 heavy (non-hydrogen) atoms. The third-order valence-corrected chi connectivity index (χ3v) is 6.29. The summed E-state index contributed by atoms with van der Waals surface area (Å²) in [5.74, 6) is -0.606. The maximum Gasteiger partial charge on any atom is 0.306 e. The summed E-state index contributed by atoms with van der Waals surface area (Å²) in [6.45, 7) is 1.09. The molecule has 0 aliphatic heterocycles. The molecular weight excluding hydrogens is 405 g/mol. The van der Waals surface area contributed by atoms with Crippen LogP contribution < -0.4 is 4.74 Å². The van der Waals surface area contributed by atoms with Gasteiger partial charge in [-0.3, -0.25) is 4.79 Å². The number of fused-ring (bicyclic) bond motifs is 3. The van der Waals surface area contributed by atoms with E-state index in [0.29, 0.717) is 32.4 Å². The Morgan fingerprint density at radius 2 is 1.81 bits per heavy atom. The van der Waals surface area contributed by atoms with E-state index >= 15 is 0 Å². The van der Waals surface area contributed by atoms with Crippen LogP contribution in [0.3, 0.4) is 0 Å². The summed E-state index contributed by atoms with van der Waals surface area (Å²) in [5, 5.41) is 10.6. The van der Waals surface area contributed by atoms with E-state index in [1.807, 2.05) is 48.5 Å². The van der Waals surface area contributed by atoms with Crippen molar-refractivity contribution in [1.29, 1.82) is 0 Å². The molecule has 0 saturated heterocycles. The van der Waals surface area contributed by atoms with E-state index < -0.39 is 5.97 Å². The van der Waals surface area contributed by atoms with Crippen LogP contribution in [0.5, 0.6) is 5.75 Å². The SMILES string of the molecule is O=C(O)C1CCc2c(c3cc(OCc4ccccc4)ccc3n2Cc2ccc(F)cc2)C1. The molecule has 0 saturated carbocycles. The lowest BCUT2D eigenvalue weighted by molar-refractivity contribution is -0.142. The lowest BCUT2D eigenvalue weighted by Crippen LogP contribution is -2.23. The minimum Gasteiger partial charge on any atom is -0.489 e. The highest BCUT2D eigenvalue weighted by Crippen LogP contribution is 2.37. The number of carboxylic acids is 1. The van der Waals surface area contributed by atoms with Gasteiger partial charge in [0.25, 0.3) is 0 Å². The summed E-state index contributed by atoms with van der Waals surface area (Å²) in [6, 6.07) is 22.6. The van der Waals surface area contributed by atoms with Crippen molar-refractivity contribution in [2.24, 2.45) is 5.92 Å². The van der Waals surface area contributed by atoms with Crippen molar-refractivity contribution in [3.63, 3.8) is 0 Å². The van der Waals surface area contributed by atoms with Gasteiger partial charge in [0, 0.05) is 23.1 Å². The zero-order chi connectivity index (χ0) is 22.1. The molecule has 0 bridgehead atoms. The topological polar surface area (TPSA) is 51.5 Å². The van der Waals surface area contributed by atoms with Crippen molar-refractivity contribution in [3.05, 3.63) is 101 Å². The van der Waals surface area contributed by atoms with Crippen LogP contribution in [0.1, 0.15) is 28.8 Å². The number of nitrogens with zero attached hydrogens (tertiary/aromatic N) is 1. The molecule has 0 amide bonds. The molecule has 3 aromatic carbocycles. The molecule has 0 fully saturated rings. The second kappa shape index (κ2) is 8.50. The first-order chi connectivity index (χ1) is 15.6. The number of ether oxygens (including phenoxy) is 1.